The second-order valence-corrected chi connectivity index (χ2v) is 10.2. The van der Waals surface area contributed by atoms with Gasteiger partial charge in [-0.1, -0.05) is 19.3 Å². The van der Waals surface area contributed by atoms with Gasteiger partial charge in [0.05, 0.1) is 12.5 Å². The number of anilines is 1. The summed E-state index contributed by atoms with van der Waals surface area (Å²) in [5.74, 6) is 0.810. The van der Waals surface area contributed by atoms with Crippen LogP contribution in [-0.4, -0.2) is 74.4 Å². The molecule has 9 nitrogen and oxygen atoms in total. The molecule has 35 heavy (non-hydrogen) atoms. The predicted molar refractivity (Wildman–Crippen MR) is 132 cm³/mol. The molecule has 1 unspecified atom stereocenters. The van der Waals surface area contributed by atoms with Crippen LogP contribution in [0.5, 0.6) is 11.8 Å². The van der Waals surface area contributed by atoms with Gasteiger partial charge in [0.25, 0.3) is 0 Å². The van der Waals surface area contributed by atoms with Gasteiger partial charge in [-0.2, -0.15) is 0 Å². The van der Waals surface area contributed by atoms with Crippen molar-refractivity contribution in [1.29, 1.82) is 0 Å². The predicted octanol–water partition coefficient (Wildman–Crippen LogP) is 2.88. The number of carbonyl (C=O) groups is 1. The standard InChI is InChI=1S/C26H37N5O4/c32-23-21-9-4-5-10-22(21)24(33)31(23)18-20(35-25(34)19-7-2-1-3-8-19)17-29-13-15-30(16-14-29)26-27-11-6-12-28-26/h6,11-12,19-20,32-33H,1-5,7-10,13-18H2. The van der Waals surface area contributed by atoms with E-state index >= 15 is 0 Å². The van der Waals surface area contributed by atoms with Crippen LogP contribution in [0, 0.1) is 5.92 Å². The minimum absolute atomic E-state index is 0.0432. The van der Waals surface area contributed by atoms with Crippen LogP contribution in [0.4, 0.5) is 5.95 Å². The molecule has 3 aliphatic rings. The smallest absolute Gasteiger partial charge is 0.309 e. The van der Waals surface area contributed by atoms with Crippen molar-refractivity contribution in [3.05, 3.63) is 29.6 Å². The molecule has 2 aliphatic carbocycles. The van der Waals surface area contributed by atoms with Crippen molar-refractivity contribution in [2.75, 3.05) is 37.6 Å². The molecule has 2 aromatic rings. The Bertz CT molecular complexity index is 967. The van der Waals surface area contributed by atoms with Gasteiger partial charge in [0.2, 0.25) is 5.95 Å². The maximum Gasteiger partial charge on any atom is 0.309 e. The van der Waals surface area contributed by atoms with E-state index in [1.807, 2.05) is 6.07 Å². The average molecular weight is 484 g/mol. The number of aromatic nitrogens is 3. The Morgan fingerprint density at radius 1 is 0.914 bits per heavy atom. The second kappa shape index (κ2) is 10.8. The van der Waals surface area contributed by atoms with Gasteiger partial charge in [0.1, 0.15) is 6.10 Å². The zero-order valence-corrected chi connectivity index (χ0v) is 20.4. The lowest BCUT2D eigenvalue weighted by Gasteiger charge is -2.36. The first kappa shape index (κ1) is 23.9. The molecule has 9 heteroatoms. The van der Waals surface area contributed by atoms with E-state index < -0.39 is 6.10 Å². The fourth-order valence-corrected chi connectivity index (χ4v) is 5.81. The molecule has 5 rings (SSSR count). The minimum Gasteiger partial charge on any atom is -0.494 e. The highest BCUT2D eigenvalue weighted by molar-refractivity contribution is 5.72. The zero-order valence-electron chi connectivity index (χ0n) is 20.4. The maximum absolute atomic E-state index is 13.0. The average Bonchev–Trinajstić information content (AvgIpc) is 3.15. The van der Waals surface area contributed by atoms with Crippen LogP contribution in [0.2, 0.25) is 0 Å². The van der Waals surface area contributed by atoms with Gasteiger partial charge in [-0.3, -0.25) is 14.3 Å². The van der Waals surface area contributed by atoms with Gasteiger partial charge in [-0.25, -0.2) is 9.97 Å². The van der Waals surface area contributed by atoms with Gasteiger partial charge in [0.15, 0.2) is 11.8 Å². The summed E-state index contributed by atoms with van der Waals surface area (Å²) in [5, 5.41) is 21.8. The molecule has 2 fully saturated rings. The number of nitrogens with zero attached hydrogens (tertiary/aromatic N) is 5. The van der Waals surface area contributed by atoms with E-state index in [0.717, 1.165) is 94.6 Å². The second-order valence-electron chi connectivity index (χ2n) is 10.2. The van der Waals surface area contributed by atoms with E-state index in [-0.39, 0.29) is 30.2 Å². The van der Waals surface area contributed by atoms with E-state index in [2.05, 4.69) is 19.8 Å². The number of rotatable bonds is 7. The van der Waals surface area contributed by atoms with E-state index in [4.69, 9.17) is 4.74 Å². The van der Waals surface area contributed by atoms with E-state index in [0.29, 0.717) is 6.54 Å². The van der Waals surface area contributed by atoms with Crippen LogP contribution < -0.4 is 4.90 Å². The minimum atomic E-state index is -0.449. The third-order valence-corrected chi connectivity index (χ3v) is 7.80. The monoisotopic (exact) mass is 483 g/mol. The van der Waals surface area contributed by atoms with Gasteiger partial charge < -0.3 is 19.8 Å². The molecule has 0 spiro atoms. The van der Waals surface area contributed by atoms with Gasteiger partial charge in [-0.05, 0) is 44.6 Å². The topological polar surface area (TPSA) is 104 Å². The highest BCUT2D eigenvalue weighted by Gasteiger charge is 2.31. The van der Waals surface area contributed by atoms with Crippen molar-refractivity contribution in [2.45, 2.75) is 70.4 Å². The number of esters is 1. The Kier molecular flexibility index (Phi) is 7.41. The summed E-state index contributed by atoms with van der Waals surface area (Å²) in [4.78, 5) is 26.2. The zero-order chi connectivity index (χ0) is 24.2. The Labute approximate surface area is 206 Å². The number of aromatic hydroxyl groups is 2. The SMILES string of the molecule is O=C(OC(CN1CCN(c2ncccn2)CC1)Cn1c(O)c2c(c1O)CCCC2)C1CCCCC1. The van der Waals surface area contributed by atoms with Crippen molar-refractivity contribution in [1.82, 2.24) is 19.4 Å². The largest absolute Gasteiger partial charge is 0.494 e. The molecule has 1 aliphatic heterocycles. The molecule has 0 amide bonds. The lowest BCUT2D eigenvalue weighted by atomic mass is 9.89. The van der Waals surface area contributed by atoms with Gasteiger partial charge in [0, 0.05) is 56.2 Å². The molecule has 0 aromatic carbocycles. The highest BCUT2D eigenvalue weighted by Crippen LogP contribution is 2.39. The number of hydrogen-bond donors (Lipinski definition) is 2. The van der Waals surface area contributed by atoms with Gasteiger partial charge in [-0.15, -0.1) is 0 Å². The van der Waals surface area contributed by atoms with Gasteiger partial charge >= 0.3 is 5.97 Å². The van der Waals surface area contributed by atoms with Crippen LogP contribution in [0.25, 0.3) is 0 Å². The molecule has 2 aromatic heterocycles. The van der Waals surface area contributed by atoms with Crippen molar-refractivity contribution in [3.8, 4) is 11.8 Å². The van der Waals surface area contributed by atoms with Crippen molar-refractivity contribution >= 4 is 11.9 Å². The number of ether oxygens (including phenoxy) is 1. The van der Waals surface area contributed by atoms with E-state index in [1.165, 1.54) is 6.42 Å². The highest BCUT2D eigenvalue weighted by atomic mass is 16.5. The van der Waals surface area contributed by atoms with Crippen molar-refractivity contribution in [3.63, 3.8) is 0 Å². The first-order chi connectivity index (χ1) is 17.1. The number of hydrogen-bond acceptors (Lipinski definition) is 8. The van der Waals surface area contributed by atoms with Crippen molar-refractivity contribution in [2.24, 2.45) is 5.92 Å². The fraction of sp³-hybridized carbons (Fsp3) is 0.654. The lowest BCUT2D eigenvalue weighted by Crippen LogP contribution is -2.50. The maximum atomic E-state index is 13.0. The Morgan fingerprint density at radius 3 is 2.17 bits per heavy atom. The Balaban J connectivity index is 1.28. The summed E-state index contributed by atoms with van der Waals surface area (Å²) in [7, 11) is 0. The van der Waals surface area contributed by atoms with Crippen LogP contribution >= 0.6 is 0 Å². The van der Waals surface area contributed by atoms with Crippen LogP contribution in [0.15, 0.2) is 18.5 Å². The first-order valence-corrected chi connectivity index (χ1v) is 13.2. The number of piperazine rings is 1. The Hall–Kier alpha value is -2.81. The third-order valence-electron chi connectivity index (χ3n) is 7.80. The van der Waals surface area contributed by atoms with E-state index in [1.54, 1.807) is 17.0 Å². The number of fused-ring (bicyclic) bond motifs is 1. The number of carbonyl (C=O) groups excluding carboxylic acids is 1. The first-order valence-electron chi connectivity index (χ1n) is 13.2. The summed E-state index contributed by atoms with van der Waals surface area (Å²) < 4.78 is 7.65. The molecular weight excluding hydrogens is 446 g/mol. The van der Waals surface area contributed by atoms with Crippen LogP contribution in [0.1, 0.15) is 56.1 Å². The molecule has 3 heterocycles. The molecule has 2 N–H and O–H groups in total. The Morgan fingerprint density at radius 2 is 1.54 bits per heavy atom. The molecule has 1 saturated carbocycles. The molecule has 190 valence electrons. The quantitative estimate of drug-likeness (QED) is 0.580. The summed E-state index contributed by atoms with van der Waals surface area (Å²) >= 11 is 0. The fourth-order valence-electron chi connectivity index (χ4n) is 5.81. The van der Waals surface area contributed by atoms with E-state index in [9.17, 15) is 15.0 Å². The summed E-state index contributed by atoms with van der Waals surface area (Å²) in [6.45, 7) is 4.00. The molecular formula is C26H37N5O4. The lowest BCUT2D eigenvalue weighted by molar-refractivity contribution is -0.157. The van der Waals surface area contributed by atoms with Crippen molar-refractivity contribution < 1.29 is 19.7 Å². The van der Waals surface area contributed by atoms with Crippen LogP contribution in [-0.2, 0) is 28.9 Å². The molecule has 0 radical (unpaired) electrons. The molecule has 1 atom stereocenters. The summed E-state index contributed by atoms with van der Waals surface area (Å²) in [5.41, 5.74) is 1.70. The van der Waals surface area contributed by atoms with Crippen LogP contribution in [0.3, 0.4) is 0 Å². The normalized spacial score (nSPS) is 20.4. The molecule has 1 saturated heterocycles. The molecule has 0 bridgehead atoms. The summed E-state index contributed by atoms with van der Waals surface area (Å²) in [6.07, 6.45) is 11.7. The summed E-state index contributed by atoms with van der Waals surface area (Å²) in [6, 6.07) is 1.81. The third kappa shape index (κ3) is 5.39.